The van der Waals surface area contributed by atoms with Crippen molar-refractivity contribution in [3.63, 3.8) is 0 Å². The van der Waals surface area contributed by atoms with Crippen LogP contribution >= 0.6 is 0 Å². The Balaban J connectivity index is 1.77. The molecular weight excluding hydrogens is 220 g/mol. The number of rotatable bonds is 4. The lowest BCUT2D eigenvalue weighted by atomic mass is 9.79. The van der Waals surface area contributed by atoms with E-state index in [0.29, 0.717) is 6.04 Å². The van der Waals surface area contributed by atoms with Crippen LogP contribution in [0.4, 0.5) is 0 Å². The van der Waals surface area contributed by atoms with Gasteiger partial charge in [-0.05, 0) is 61.6 Å². The van der Waals surface area contributed by atoms with Crippen molar-refractivity contribution in [1.29, 1.82) is 0 Å². The average molecular weight is 246 g/mol. The fourth-order valence-electron chi connectivity index (χ4n) is 2.94. The Labute approximate surface area is 111 Å². The monoisotopic (exact) mass is 246 g/mol. The van der Waals surface area contributed by atoms with Crippen molar-refractivity contribution in [3.8, 4) is 0 Å². The van der Waals surface area contributed by atoms with Crippen LogP contribution in [0.1, 0.15) is 50.7 Å². The minimum atomic E-state index is 0.715. The average Bonchev–Trinajstić information content (AvgIpc) is 2.38. The van der Waals surface area contributed by atoms with Crippen molar-refractivity contribution < 1.29 is 0 Å². The topological polar surface area (TPSA) is 24.9 Å². The maximum atomic E-state index is 4.14. The Hall–Kier alpha value is -0.890. The molecule has 1 heterocycles. The molecule has 1 saturated carbocycles. The summed E-state index contributed by atoms with van der Waals surface area (Å²) in [6.07, 6.45) is 9.31. The zero-order chi connectivity index (χ0) is 13.0. The fraction of sp³-hybridized carbons (Fsp3) is 0.688. The van der Waals surface area contributed by atoms with Crippen LogP contribution in [0.3, 0.4) is 0 Å². The third-order valence-corrected chi connectivity index (χ3v) is 4.43. The highest BCUT2D eigenvalue weighted by Crippen LogP contribution is 2.29. The van der Waals surface area contributed by atoms with Gasteiger partial charge in [0, 0.05) is 25.0 Å². The van der Waals surface area contributed by atoms with Crippen LogP contribution in [0, 0.1) is 18.8 Å². The number of hydrogen-bond donors (Lipinski definition) is 1. The standard InChI is InChI=1S/C16H26N2/c1-12(2)14-4-6-16(7-5-14)18-11-15-8-9-17-10-13(15)3/h8-10,12,14,16,18H,4-7,11H2,1-3H3. The summed E-state index contributed by atoms with van der Waals surface area (Å²) in [5.41, 5.74) is 2.68. The second kappa shape index (κ2) is 6.33. The van der Waals surface area contributed by atoms with E-state index in [4.69, 9.17) is 0 Å². The van der Waals surface area contributed by atoms with Gasteiger partial charge in [0.25, 0.3) is 0 Å². The zero-order valence-corrected chi connectivity index (χ0v) is 11.9. The molecule has 0 spiro atoms. The second-order valence-corrected chi connectivity index (χ2v) is 6.04. The molecule has 2 heteroatoms. The number of aromatic nitrogens is 1. The van der Waals surface area contributed by atoms with Gasteiger partial charge in [-0.1, -0.05) is 13.8 Å². The van der Waals surface area contributed by atoms with Crippen molar-refractivity contribution >= 4 is 0 Å². The molecule has 0 unspecified atom stereocenters. The smallest absolute Gasteiger partial charge is 0.0300 e. The Bertz CT molecular complexity index is 365. The summed E-state index contributed by atoms with van der Waals surface area (Å²) < 4.78 is 0. The van der Waals surface area contributed by atoms with E-state index >= 15 is 0 Å². The first kappa shape index (κ1) is 13.5. The van der Waals surface area contributed by atoms with Crippen molar-refractivity contribution in [2.45, 2.75) is 59.0 Å². The predicted octanol–water partition coefficient (Wildman–Crippen LogP) is 3.69. The summed E-state index contributed by atoms with van der Waals surface area (Å²) in [7, 11) is 0. The molecular formula is C16H26N2. The van der Waals surface area contributed by atoms with E-state index < -0.39 is 0 Å². The maximum absolute atomic E-state index is 4.14. The highest BCUT2D eigenvalue weighted by atomic mass is 14.9. The number of nitrogens with zero attached hydrogens (tertiary/aromatic N) is 1. The van der Waals surface area contributed by atoms with Crippen molar-refractivity contribution in [2.75, 3.05) is 0 Å². The highest BCUT2D eigenvalue weighted by molar-refractivity contribution is 5.21. The van der Waals surface area contributed by atoms with Crippen molar-refractivity contribution in [3.05, 3.63) is 29.6 Å². The molecule has 100 valence electrons. The molecule has 1 fully saturated rings. The molecule has 1 aliphatic carbocycles. The summed E-state index contributed by atoms with van der Waals surface area (Å²) in [6.45, 7) is 7.85. The van der Waals surface area contributed by atoms with E-state index in [-0.39, 0.29) is 0 Å². The maximum Gasteiger partial charge on any atom is 0.0300 e. The molecule has 0 atom stereocenters. The van der Waals surface area contributed by atoms with Gasteiger partial charge in [0.1, 0.15) is 0 Å². The van der Waals surface area contributed by atoms with E-state index in [9.17, 15) is 0 Å². The van der Waals surface area contributed by atoms with Gasteiger partial charge in [0.15, 0.2) is 0 Å². The van der Waals surface area contributed by atoms with Crippen LogP contribution in [-0.4, -0.2) is 11.0 Å². The number of nitrogens with one attached hydrogen (secondary N) is 1. The normalized spacial score (nSPS) is 24.4. The summed E-state index contributed by atoms with van der Waals surface area (Å²) in [6, 6.07) is 2.84. The minimum Gasteiger partial charge on any atom is -0.310 e. The van der Waals surface area contributed by atoms with E-state index in [2.05, 4.69) is 37.1 Å². The van der Waals surface area contributed by atoms with Gasteiger partial charge in [-0.3, -0.25) is 4.98 Å². The van der Waals surface area contributed by atoms with Crippen molar-refractivity contribution in [1.82, 2.24) is 10.3 Å². The van der Waals surface area contributed by atoms with E-state index in [1.165, 1.54) is 36.8 Å². The SMILES string of the molecule is Cc1cnccc1CNC1CCC(C(C)C)CC1. The van der Waals surface area contributed by atoms with Gasteiger partial charge < -0.3 is 5.32 Å². The van der Waals surface area contributed by atoms with Gasteiger partial charge in [-0.15, -0.1) is 0 Å². The van der Waals surface area contributed by atoms with E-state index in [0.717, 1.165) is 18.4 Å². The number of aryl methyl sites for hydroxylation is 1. The number of pyridine rings is 1. The van der Waals surface area contributed by atoms with E-state index in [1.807, 2.05) is 12.4 Å². The van der Waals surface area contributed by atoms with Gasteiger partial charge in [-0.2, -0.15) is 0 Å². The van der Waals surface area contributed by atoms with E-state index in [1.54, 1.807) is 0 Å². The first-order valence-electron chi connectivity index (χ1n) is 7.29. The molecule has 2 nitrogen and oxygen atoms in total. The Morgan fingerprint density at radius 2 is 2.00 bits per heavy atom. The van der Waals surface area contributed by atoms with Crippen LogP contribution in [0.25, 0.3) is 0 Å². The van der Waals surface area contributed by atoms with Crippen molar-refractivity contribution in [2.24, 2.45) is 11.8 Å². The van der Waals surface area contributed by atoms with Crippen LogP contribution in [0.5, 0.6) is 0 Å². The van der Waals surface area contributed by atoms with Crippen LogP contribution in [0.2, 0.25) is 0 Å². The first-order chi connectivity index (χ1) is 8.66. The summed E-state index contributed by atoms with van der Waals surface area (Å²) in [5, 5.41) is 3.71. The molecule has 1 aromatic heterocycles. The second-order valence-electron chi connectivity index (χ2n) is 6.04. The molecule has 1 aliphatic rings. The van der Waals surface area contributed by atoms with Crippen LogP contribution < -0.4 is 5.32 Å². The predicted molar refractivity (Wildman–Crippen MR) is 76.4 cm³/mol. The summed E-state index contributed by atoms with van der Waals surface area (Å²) >= 11 is 0. The fourth-order valence-corrected chi connectivity index (χ4v) is 2.94. The molecule has 0 aromatic carbocycles. The van der Waals surface area contributed by atoms with Gasteiger partial charge in [0.2, 0.25) is 0 Å². The molecule has 0 saturated heterocycles. The van der Waals surface area contributed by atoms with Gasteiger partial charge in [-0.25, -0.2) is 0 Å². The third-order valence-electron chi connectivity index (χ3n) is 4.43. The van der Waals surface area contributed by atoms with Gasteiger partial charge in [0.05, 0.1) is 0 Å². The quantitative estimate of drug-likeness (QED) is 0.876. The lowest BCUT2D eigenvalue weighted by Crippen LogP contribution is -2.33. The lowest BCUT2D eigenvalue weighted by Gasteiger charge is -2.31. The molecule has 18 heavy (non-hydrogen) atoms. The highest BCUT2D eigenvalue weighted by Gasteiger charge is 2.22. The lowest BCUT2D eigenvalue weighted by molar-refractivity contribution is 0.238. The number of hydrogen-bond acceptors (Lipinski definition) is 2. The molecule has 1 aromatic rings. The summed E-state index contributed by atoms with van der Waals surface area (Å²) in [4.78, 5) is 4.14. The largest absolute Gasteiger partial charge is 0.310 e. The molecule has 1 N–H and O–H groups in total. The first-order valence-corrected chi connectivity index (χ1v) is 7.29. The molecule has 0 radical (unpaired) electrons. The zero-order valence-electron chi connectivity index (χ0n) is 11.9. The Morgan fingerprint density at radius 1 is 1.28 bits per heavy atom. The minimum absolute atomic E-state index is 0.715. The summed E-state index contributed by atoms with van der Waals surface area (Å²) in [5.74, 6) is 1.80. The molecule has 0 aliphatic heterocycles. The van der Waals surface area contributed by atoms with Crippen LogP contribution in [0.15, 0.2) is 18.5 Å². The third kappa shape index (κ3) is 3.55. The Kier molecular flexibility index (Phi) is 4.76. The Morgan fingerprint density at radius 3 is 2.61 bits per heavy atom. The van der Waals surface area contributed by atoms with Crippen LogP contribution in [-0.2, 0) is 6.54 Å². The van der Waals surface area contributed by atoms with Gasteiger partial charge >= 0.3 is 0 Å². The molecule has 2 rings (SSSR count). The molecule has 0 amide bonds. The molecule has 0 bridgehead atoms.